The number of furan rings is 1. The Bertz CT molecular complexity index is 957. The van der Waals surface area contributed by atoms with E-state index in [0.29, 0.717) is 34.3 Å². The van der Waals surface area contributed by atoms with Crippen LogP contribution < -0.4 is 10.9 Å². The molecule has 2 aliphatic rings. The van der Waals surface area contributed by atoms with E-state index in [1.54, 1.807) is 0 Å². The zero-order valence-corrected chi connectivity index (χ0v) is 15.7. The van der Waals surface area contributed by atoms with Crippen molar-refractivity contribution in [2.75, 3.05) is 11.1 Å². The molecule has 0 bridgehead atoms. The van der Waals surface area contributed by atoms with Crippen LogP contribution >= 0.6 is 11.8 Å². The zero-order chi connectivity index (χ0) is 18.3. The molecule has 0 radical (unpaired) electrons. The molecule has 1 aliphatic heterocycles. The highest BCUT2D eigenvalue weighted by Gasteiger charge is 2.39. The lowest BCUT2D eigenvalue weighted by Crippen LogP contribution is -2.32. The number of fused-ring (bicyclic) bond motifs is 1. The highest BCUT2D eigenvalue weighted by molar-refractivity contribution is 7.99. The third-order valence-corrected chi connectivity index (χ3v) is 5.80. The number of Topliss-reactive ketones (excluding diaryl/α,β-unsaturated/α-hetero) is 1. The summed E-state index contributed by atoms with van der Waals surface area (Å²) in [5.74, 6) is 2.38. The summed E-state index contributed by atoms with van der Waals surface area (Å²) in [6, 6.07) is 3.71. The number of ketones is 1. The second-order valence-corrected chi connectivity index (χ2v) is 7.74. The van der Waals surface area contributed by atoms with Crippen molar-refractivity contribution in [2.24, 2.45) is 0 Å². The van der Waals surface area contributed by atoms with Crippen molar-refractivity contribution >= 4 is 23.4 Å². The zero-order valence-electron chi connectivity index (χ0n) is 14.8. The van der Waals surface area contributed by atoms with E-state index in [1.165, 1.54) is 11.8 Å². The molecule has 3 heterocycles. The first-order chi connectivity index (χ1) is 12.6. The topological polar surface area (TPSA) is 88.0 Å². The number of hydrogen-bond acceptors (Lipinski definition) is 6. The number of carbonyl (C=O) groups excluding carboxylic acids is 1. The lowest BCUT2D eigenvalue weighted by molar-refractivity contribution is -0.116. The second-order valence-electron chi connectivity index (χ2n) is 6.66. The van der Waals surface area contributed by atoms with Crippen molar-refractivity contribution in [3.63, 3.8) is 0 Å². The maximum atomic E-state index is 12.9. The van der Waals surface area contributed by atoms with Crippen LogP contribution in [0.2, 0.25) is 0 Å². The van der Waals surface area contributed by atoms with Gasteiger partial charge in [-0.25, -0.2) is 4.98 Å². The average Bonchev–Trinajstić information content (AvgIpc) is 3.04. The molecule has 26 heavy (non-hydrogen) atoms. The van der Waals surface area contributed by atoms with E-state index < -0.39 is 5.92 Å². The van der Waals surface area contributed by atoms with Crippen LogP contribution in [0.3, 0.4) is 0 Å². The fourth-order valence-corrected chi connectivity index (χ4v) is 4.32. The van der Waals surface area contributed by atoms with E-state index in [4.69, 9.17) is 4.42 Å². The number of nitrogens with one attached hydrogen (secondary N) is 2. The number of H-pyrrole nitrogens is 1. The molecular weight excluding hydrogens is 350 g/mol. The molecule has 0 amide bonds. The van der Waals surface area contributed by atoms with E-state index in [0.717, 1.165) is 36.5 Å². The molecule has 2 N–H and O–H groups in total. The third kappa shape index (κ3) is 2.90. The summed E-state index contributed by atoms with van der Waals surface area (Å²) in [4.78, 5) is 33.1. The number of anilines is 1. The van der Waals surface area contributed by atoms with Crippen molar-refractivity contribution in [1.29, 1.82) is 0 Å². The monoisotopic (exact) mass is 371 g/mol. The van der Waals surface area contributed by atoms with Gasteiger partial charge < -0.3 is 14.7 Å². The molecule has 2 aromatic rings. The van der Waals surface area contributed by atoms with Gasteiger partial charge in [0.05, 0.1) is 11.5 Å². The van der Waals surface area contributed by atoms with Crippen LogP contribution in [0.15, 0.2) is 37.8 Å². The predicted octanol–water partition coefficient (Wildman–Crippen LogP) is 3.74. The number of thioether (sulfide) groups is 1. The lowest BCUT2D eigenvalue weighted by atomic mass is 9.79. The second kappa shape index (κ2) is 6.79. The molecule has 0 saturated heterocycles. The first kappa shape index (κ1) is 17.1. The molecule has 0 saturated carbocycles. The Hall–Kier alpha value is -2.28. The highest BCUT2D eigenvalue weighted by Crippen LogP contribution is 2.43. The number of rotatable bonds is 4. The standard InChI is InChI=1S/C19H21N3O3S/c1-3-9-26-19-21-17-16(18(24)22-19)15(13-8-7-10(2)25-13)14-11(20-17)5-4-6-12(14)23/h7-8,15H,3-6,9H2,1-2H3,(H2,20,21,22,24)/t15-/m1/s1. The van der Waals surface area contributed by atoms with Crippen molar-refractivity contribution in [2.45, 2.75) is 50.6 Å². The van der Waals surface area contributed by atoms with Crippen LogP contribution in [0.1, 0.15) is 55.6 Å². The fraction of sp³-hybridized carbons (Fsp3) is 0.421. The minimum absolute atomic E-state index is 0.0762. The van der Waals surface area contributed by atoms with E-state index in [9.17, 15) is 9.59 Å². The van der Waals surface area contributed by atoms with Gasteiger partial charge in [0.2, 0.25) is 0 Å². The Kier molecular flexibility index (Phi) is 4.48. The summed E-state index contributed by atoms with van der Waals surface area (Å²) in [5, 5.41) is 3.87. The van der Waals surface area contributed by atoms with Gasteiger partial charge >= 0.3 is 0 Å². The normalized spacial score (nSPS) is 19.2. The van der Waals surface area contributed by atoms with Gasteiger partial charge in [-0.2, -0.15) is 0 Å². The quantitative estimate of drug-likeness (QED) is 0.629. The number of carbonyl (C=O) groups is 1. The SMILES string of the molecule is CCCSc1nc2c(c(=O)[nH]1)[C@H](c1ccc(C)o1)C1=C(CCCC1=O)N2. The fourth-order valence-electron chi connectivity index (χ4n) is 3.60. The Morgan fingerprint density at radius 3 is 2.88 bits per heavy atom. The van der Waals surface area contributed by atoms with Crippen LogP contribution in [-0.2, 0) is 4.79 Å². The number of hydrogen-bond donors (Lipinski definition) is 2. The third-order valence-electron chi connectivity index (χ3n) is 4.72. The maximum absolute atomic E-state index is 12.9. The summed E-state index contributed by atoms with van der Waals surface area (Å²) < 4.78 is 5.83. The maximum Gasteiger partial charge on any atom is 0.257 e. The van der Waals surface area contributed by atoms with Gasteiger partial charge in [-0.05, 0) is 38.3 Å². The Balaban J connectivity index is 1.89. The number of nitrogens with zero attached hydrogens (tertiary/aromatic N) is 1. The van der Waals surface area contributed by atoms with Crippen LogP contribution in [0, 0.1) is 6.92 Å². The number of aromatic nitrogens is 2. The summed E-state index contributed by atoms with van der Waals surface area (Å²) in [6.07, 6.45) is 3.09. The summed E-state index contributed by atoms with van der Waals surface area (Å²) in [6.45, 7) is 3.94. The summed E-state index contributed by atoms with van der Waals surface area (Å²) in [7, 11) is 0. The van der Waals surface area contributed by atoms with Gasteiger partial charge in [-0.3, -0.25) is 9.59 Å². The Morgan fingerprint density at radius 2 is 2.15 bits per heavy atom. The van der Waals surface area contributed by atoms with Gasteiger partial charge in [0.15, 0.2) is 10.9 Å². The molecule has 0 fully saturated rings. The lowest BCUT2D eigenvalue weighted by Gasteiger charge is -2.31. The molecule has 136 valence electrons. The number of allylic oxidation sites excluding steroid dienone is 2. The molecule has 1 aliphatic carbocycles. The Labute approximate surface area is 155 Å². The molecule has 0 unspecified atom stereocenters. The molecule has 1 atom stereocenters. The highest BCUT2D eigenvalue weighted by atomic mass is 32.2. The minimum atomic E-state index is -0.496. The molecule has 2 aromatic heterocycles. The van der Waals surface area contributed by atoms with Crippen molar-refractivity contribution in [3.8, 4) is 0 Å². The van der Waals surface area contributed by atoms with E-state index >= 15 is 0 Å². The van der Waals surface area contributed by atoms with Crippen molar-refractivity contribution in [1.82, 2.24) is 9.97 Å². The molecule has 6 nitrogen and oxygen atoms in total. The van der Waals surface area contributed by atoms with E-state index in [1.807, 2.05) is 19.1 Å². The van der Waals surface area contributed by atoms with Crippen molar-refractivity contribution < 1.29 is 9.21 Å². The average molecular weight is 371 g/mol. The first-order valence-electron chi connectivity index (χ1n) is 8.95. The first-order valence-corrected chi connectivity index (χ1v) is 9.93. The van der Waals surface area contributed by atoms with Crippen LogP contribution in [0.25, 0.3) is 0 Å². The van der Waals surface area contributed by atoms with E-state index in [2.05, 4.69) is 22.2 Å². The molecule has 7 heteroatoms. The smallest absolute Gasteiger partial charge is 0.257 e. The van der Waals surface area contributed by atoms with Crippen LogP contribution in [0.4, 0.5) is 5.82 Å². The molecule has 0 aromatic carbocycles. The summed E-state index contributed by atoms with van der Waals surface area (Å²) in [5.41, 5.74) is 1.77. The van der Waals surface area contributed by atoms with Gasteiger partial charge in [-0.15, -0.1) is 0 Å². The number of aromatic amines is 1. The van der Waals surface area contributed by atoms with Gasteiger partial charge in [0.25, 0.3) is 5.56 Å². The van der Waals surface area contributed by atoms with Gasteiger partial charge in [0.1, 0.15) is 17.3 Å². The van der Waals surface area contributed by atoms with E-state index in [-0.39, 0.29) is 11.3 Å². The Morgan fingerprint density at radius 1 is 1.31 bits per heavy atom. The largest absolute Gasteiger partial charge is 0.465 e. The number of aryl methyl sites for hydroxylation is 1. The predicted molar refractivity (Wildman–Crippen MR) is 101 cm³/mol. The van der Waals surface area contributed by atoms with Crippen LogP contribution in [-0.4, -0.2) is 21.5 Å². The molecule has 4 rings (SSSR count). The van der Waals surface area contributed by atoms with Crippen molar-refractivity contribution in [3.05, 3.63) is 50.8 Å². The van der Waals surface area contributed by atoms with Crippen LogP contribution in [0.5, 0.6) is 0 Å². The molecular formula is C19H21N3O3S. The molecule has 0 spiro atoms. The minimum Gasteiger partial charge on any atom is -0.465 e. The van der Waals surface area contributed by atoms with Gasteiger partial charge in [-0.1, -0.05) is 18.7 Å². The summed E-state index contributed by atoms with van der Waals surface area (Å²) >= 11 is 1.53. The van der Waals surface area contributed by atoms with Gasteiger partial charge in [0, 0.05) is 23.4 Å².